The first-order valence-electron chi connectivity index (χ1n) is 11.1. The molecule has 2 aromatic rings. The Hall–Kier alpha value is -3.62. The first kappa shape index (κ1) is 22.6. The largest absolute Gasteiger partial charge is 0.459 e. The zero-order valence-corrected chi connectivity index (χ0v) is 18.8. The standard InChI is InChI=1S/C24H28N4O5/c1-16(2)25-21(29)24(32)27-11-9-26(10-12-27)22(30)19-14-17-6-3-4-7-18(17)15-28(19)23(31)20-8-5-13-33-20/h3-8,13,16,19H,9-12,14-15H2,1-2H3,(H,25,29). The van der Waals surface area contributed by atoms with Crippen LogP contribution in [0.3, 0.4) is 0 Å². The fourth-order valence-electron chi connectivity index (χ4n) is 4.31. The van der Waals surface area contributed by atoms with Crippen molar-refractivity contribution in [2.45, 2.75) is 38.9 Å². The van der Waals surface area contributed by atoms with E-state index in [1.807, 2.05) is 24.3 Å². The van der Waals surface area contributed by atoms with Crippen LogP contribution in [0.2, 0.25) is 0 Å². The summed E-state index contributed by atoms with van der Waals surface area (Å²) in [6.07, 6.45) is 1.85. The topological polar surface area (TPSA) is 103 Å². The second-order valence-electron chi connectivity index (χ2n) is 8.64. The van der Waals surface area contributed by atoms with Crippen molar-refractivity contribution in [1.82, 2.24) is 20.0 Å². The number of hydrogen-bond donors (Lipinski definition) is 1. The van der Waals surface area contributed by atoms with E-state index in [-0.39, 0.29) is 36.7 Å². The number of nitrogens with one attached hydrogen (secondary N) is 1. The van der Waals surface area contributed by atoms with Gasteiger partial charge in [0.15, 0.2) is 5.76 Å². The Balaban J connectivity index is 1.47. The van der Waals surface area contributed by atoms with E-state index < -0.39 is 17.9 Å². The summed E-state index contributed by atoms with van der Waals surface area (Å²) in [4.78, 5) is 55.8. The highest BCUT2D eigenvalue weighted by Gasteiger charge is 2.39. The van der Waals surface area contributed by atoms with Crippen molar-refractivity contribution in [3.05, 3.63) is 59.5 Å². The average Bonchev–Trinajstić information content (AvgIpc) is 3.36. The van der Waals surface area contributed by atoms with Crippen LogP contribution in [-0.2, 0) is 27.3 Å². The first-order valence-corrected chi connectivity index (χ1v) is 11.1. The summed E-state index contributed by atoms with van der Waals surface area (Å²) >= 11 is 0. The highest BCUT2D eigenvalue weighted by Crippen LogP contribution is 2.26. The van der Waals surface area contributed by atoms with Gasteiger partial charge in [0.1, 0.15) is 6.04 Å². The summed E-state index contributed by atoms with van der Waals surface area (Å²) in [6.45, 7) is 5.05. The minimum Gasteiger partial charge on any atom is -0.459 e. The van der Waals surface area contributed by atoms with Crippen molar-refractivity contribution in [3.63, 3.8) is 0 Å². The number of fused-ring (bicyclic) bond motifs is 1. The Kier molecular flexibility index (Phi) is 6.48. The van der Waals surface area contributed by atoms with Crippen LogP contribution < -0.4 is 5.32 Å². The molecule has 9 heteroatoms. The number of nitrogens with zero attached hydrogens (tertiary/aromatic N) is 3. The Labute approximate surface area is 192 Å². The molecule has 4 amide bonds. The van der Waals surface area contributed by atoms with Crippen molar-refractivity contribution in [2.75, 3.05) is 26.2 Å². The fraction of sp³-hybridized carbons (Fsp3) is 0.417. The number of rotatable bonds is 3. The number of piperazine rings is 1. The minimum absolute atomic E-state index is 0.129. The van der Waals surface area contributed by atoms with Crippen LogP contribution in [0.1, 0.15) is 35.5 Å². The quantitative estimate of drug-likeness (QED) is 0.701. The summed E-state index contributed by atoms with van der Waals surface area (Å²) in [7, 11) is 0. The van der Waals surface area contributed by atoms with E-state index in [1.54, 1.807) is 35.8 Å². The molecule has 0 aliphatic carbocycles. The predicted molar refractivity (Wildman–Crippen MR) is 119 cm³/mol. The monoisotopic (exact) mass is 452 g/mol. The summed E-state index contributed by atoms with van der Waals surface area (Å²) < 4.78 is 5.30. The van der Waals surface area contributed by atoms with Crippen LogP contribution in [0.25, 0.3) is 0 Å². The third kappa shape index (κ3) is 4.76. The summed E-state index contributed by atoms with van der Waals surface area (Å²) in [5.41, 5.74) is 2.05. The van der Waals surface area contributed by atoms with Crippen LogP contribution in [0.5, 0.6) is 0 Å². The first-order chi connectivity index (χ1) is 15.8. The van der Waals surface area contributed by atoms with Crippen LogP contribution in [0, 0.1) is 0 Å². The molecule has 4 rings (SSSR count). The van der Waals surface area contributed by atoms with Gasteiger partial charge in [-0.2, -0.15) is 0 Å². The number of amides is 4. The van der Waals surface area contributed by atoms with Crippen molar-refractivity contribution in [1.29, 1.82) is 0 Å². The summed E-state index contributed by atoms with van der Waals surface area (Å²) in [5, 5.41) is 2.60. The molecule has 3 heterocycles. The van der Waals surface area contributed by atoms with Gasteiger partial charge in [-0.3, -0.25) is 19.2 Å². The number of furan rings is 1. The molecule has 0 bridgehead atoms. The number of carbonyl (C=O) groups excluding carboxylic acids is 4. The van der Waals surface area contributed by atoms with Gasteiger partial charge < -0.3 is 24.4 Å². The molecule has 1 aromatic carbocycles. The SMILES string of the molecule is CC(C)NC(=O)C(=O)N1CCN(C(=O)C2Cc3ccccc3CN2C(=O)c2ccco2)CC1. The molecule has 1 saturated heterocycles. The van der Waals surface area contributed by atoms with Gasteiger partial charge in [0.05, 0.1) is 6.26 Å². The smallest absolute Gasteiger partial charge is 0.312 e. The molecule has 2 aliphatic heterocycles. The highest BCUT2D eigenvalue weighted by molar-refractivity contribution is 6.35. The maximum atomic E-state index is 13.5. The second kappa shape index (κ2) is 9.48. The molecule has 0 radical (unpaired) electrons. The Morgan fingerprint density at radius 3 is 2.24 bits per heavy atom. The van der Waals surface area contributed by atoms with Gasteiger partial charge in [0.2, 0.25) is 5.91 Å². The molecular formula is C24H28N4O5. The number of carbonyl (C=O) groups is 4. The molecule has 1 aromatic heterocycles. The number of hydrogen-bond acceptors (Lipinski definition) is 5. The normalized spacial score (nSPS) is 18.2. The molecule has 174 valence electrons. The van der Waals surface area contributed by atoms with E-state index in [4.69, 9.17) is 4.42 Å². The molecule has 1 atom stereocenters. The third-order valence-electron chi connectivity index (χ3n) is 6.02. The van der Waals surface area contributed by atoms with Crippen molar-refractivity contribution in [3.8, 4) is 0 Å². The van der Waals surface area contributed by atoms with Gasteiger partial charge in [-0.25, -0.2) is 0 Å². The highest BCUT2D eigenvalue weighted by atomic mass is 16.3. The molecule has 1 fully saturated rings. The second-order valence-corrected chi connectivity index (χ2v) is 8.64. The molecule has 33 heavy (non-hydrogen) atoms. The van der Waals surface area contributed by atoms with E-state index >= 15 is 0 Å². The van der Waals surface area contributed by atoms with E-state index in [0.29, 0.717) is 26.1 Å². The molecular weight excluding hydrogens is 424 g/mol. The molecule has 1 N–H and O–H groups in total. The zero-order valence-electron chi connectivity index (χ0n) is 18.8. The number of benzene rings is 1. The molecule has 0 spiro atoms. The maximum Gasteiger partial charge on any atom is 0.312 e. The van der Waals surface area contributed by atoms with Crippen molar-refractivity contribution in [2.24, 2.45) is 0 Å². The summed E-state index contributed by atoms with van der Waals surface area (Å²) in [5.74, 6) is -1.52. The van der Waals surface area contributed by atoms with E-state index in [2.05, 4.69) is 5.32 Å². The predicted octanol–water partition coefficient (Wildman–Crippen LogP) is 1.04. The Bertz CT molecular complexity index is 1040. The molecule has 0 saturated carbocycles. The van der Waals surface area contributed by atoms with Gasteiger partial charge in [-0.15, -0.1) is 0 Å². The van der Waals surface area contributed by atoms with Gasteiger partial charge in [-0.1, -0.05) is 24.3 Å². The molecule has 1 unspecified atom stereocenters. The van der Waals surface area contributed by atoms with Crippen molar-refractivity contribution < 1.29 is 23.6 Å². The lowest BCUT2D eigenvalue weighted by molar-refractivity contribution is -0.149. The van der Waals surface area contributed by atoms with Gasteiger partial charge in [-0.05, 0) is 37.1 Å². The molecule has 9 nitrogen and oxygen atoms in total. The zero-order chi connectivity index (χ0) is 23.5. The van der Waals surface area contributed by atoms with Gasteiger partial charge in [0.25, 0.3) is 5.91 Å². The Morgan fingerprint density at radius 2 is 1.61 bits per heavy atom. The third-order valence-corrected chi connectivity index (χ3v) is 6.02. The van der Waals surface area contributed by atoms with Crippen LogP contribution in [0.15, 0.2) is 47.1 Å². The van der Waals surface area contributed by atoms with E-state index in [9.17, 15) is 19.2 Å². The lowest BCUT2D eigenvalue weighted by Gasteiger charge is -2.41. The molecule has 2 aliphatic rings. The fourth-order valence-corrected chi connectivity index (χ4v) is 4.31. The van der Waals surface area contributed by atoms with Crippen LogP contribution in [-0.4, -0.2) is 76.6 Å². The van der Waals surface area contributed by atoms with Crippen LogP contribution >= 0.6 is 0 Å². The van der Waals surface area contributed by atoms with Crippen molar-refractivity contribution >= 4 is 23.6 Å². The van der Waals surface area contributed by atoms with Gasteiger partial charge >= 0.3 is 11.8 Å². The summed E-state index contributed by atoms with van der Waals surface area (Å²) in [6, 6.07) is 10.2. The minimum atomic E-state index is -0.663. The van der Waals surface area contributed by atoms with Gasteiger partial charge in [0, 0.05) is 45.2 Å². The van der Waals surface area contributed by atoms with Crippen LogP contribution in [0.4, 0.5) is 0 Å². The maximum absolute atomic E-state index is 13.5. The van der Waals surface area contributed by atoms with E-state index in [1.165, 1.54) is 11.2 Å². The van der Waals surface area contributed by atoms with E-state index in [0.717, 1.165) is 11.1 Å². The lowest BCUT2D eigenvalue weighted by Crippen LogP contribution is -2.59. The average molecular weight is 453 g/mol. The lowest BCUT2D eigenvalue weighted by atomic mass is 9.92. The Morgan fingerprint density at radius 1 is 0.939 bits per heavy atom.